The Labute approximate surface area is 114 Å². The molecule has 1 atom stereocenters. The highest BCUT2D eigenvalue weighted by atomic mass is 32.2. The van der Waals surface area contributed by atoms with Gasteiger partial charge in [-0.25, -0.2) is 0 Å². The summed E-state index contributed by atoms with van der Waals surface area (Å²) in [6, 6.07) is 16.1. The molecule has 0 saturated carbocycles. The molecule has 1 unspecified atom stereocenters. The van der Waals surface area contributed by atoms with Gasteiger partial charge in [0.05, 0.1) is 5.69 Å². The largest absolute Gasteiger partial charge is 0.733 e. The van der Waals surface area contributed by atoms with Crippen LogP contribution in [0.25, 0.3) is 0 Å². The molecule has 4 nitrogen and oxygen atoms in total. The summed E-state index contributed by atoms with van der Waals surface area (Å²) >= 11 is 0. The first-order chi connectivity index (χ1) is 9.15. The Morgan fingerprint density at radius 2 is 1.47 bits per heavy atom. The molecule has 0 saturated heterocycles. The Bertz CT molecular complexity index is 540. The van der Waals surface area contributed by atoms with Gasteiger partial charge in [-0.3, -0.25) is 9.42 Å². The molecule has 0 bridgehead atoms. The van der Waals surface area contributed by atoms with Crippen molar-refractivity contribution in [2.24, 2.45) is 0 Å². The summed E-state index contributed by atoms with van der Waals surface area (Å²) in [6.45, 7) is 0. The second-order valence-corrected chi connectivity index (χ2v) is 5.61. The zero-order valence-corrected chi connectivity index (χ0v) is 11.0. The van der Waals surface area contributed by atoms with Gasteiger partial charge in [0.15, 0.2) is 0 Å². The number of benzene rings is 2. The van der Waals surface area contributed by atoms with Crippen LogP contribution in [0.1, 0.15) is 11.1 Å². The van der Waals surface area contributed by atoms with Gasteiger partial charge in [-0.15, -0.1) is 0 Å². The Morgan fingerprint density at radius 3 is 2.00 bits per heavy atom. The molecule has 2 rings (SSSR count). The molecule has 0 aliphatic rings. The van der Waals surface area contributed by atoms with Gasteiger partial charge in [0.1, 0.15) is 0 Å². The highest BCUT2D eigenvalue weighted by molar-refractivity contribution is 7.83. The number of hydrogen-bond acceptors (Lipinski definition) is 4. The van der Waals surface area contributed by atoms with Gasteiger partial charge in [-0.2, -0.15) is 0 Å². The maximum absolute atomic E-state index is 12.0. The van der Waals surface area contributed by atoms with Crippen molar-refractivity contribution >= 4 is 16.5 Å². The summed E-state index contributed by atoms with van der Waals surface area (Å²) in [7, 11) is -0.994. The maximum atomic E-state index is 12.0. The molecule has 0 aromatic heterocycles. The van der Waals surface area contributed by atoms with E-state index in [4.69, 9.17) is 5.21 Å². The molecule has 0 fully saturated rings. The number of rotatable bonds is 5. The first-order valence-corrected chi connectivity index (χ1v) is 7.28. The van der Waals surface area contributed by atoms with Gasteiger partial charge in [0.2, 0.25) is 0 Å². The van der Waals surface area contributed by atoms with Crippen LogP contribution in [0.15, 0.2) is 54.6 Å². The Kier molecular flexibility index (Phi) is 4.68. The molecule has 0 amide bonds. The average Bonchev–Trinajstić information content (AvgIpc) is 2.40. The second-order valence-electron chi connectivity index (χ2n) is 4.15. The molecule has 0 aliphatic carbocycles. The third-order valence-electron chi connectivity index (χ3n) is 2.66. The van der Waals surface area contributed by atoms with E-state index in [1.807, 2.05) is 30.3 Å². The number of hydrogen-bond donors (Lipinski definition) is 1. The molecule has 1 N–H and O–H groups in total. The summed E-state index contributed by atoms with van der Waals surface area (Å²) < 4.78 is 12.0. The molecule has 0 heterocycles. The van der Waals surface area contributed by atoms with Crippen LogP contribution >= 0.6 is 0 Å². The number of anilines is 1. The topological polar surface area (TPSA) is 63.6 Å². The summed E-state index contributed by atoms with van der Waals surface area (Å²) in [4.78, 5) is 0. The Balaban J connectivity index is 1.95. The molecule has 5 heteroatoms. The molecule has 0 spiro atoms. The SMILES string of the molecule is O=S(Cc1ccccc1)Cc1ccc(N([O-])O)cc1. The third-order valence-corrected chi connectivity index (χ3v) is 3.97. The fraction of sp³-hybridized carbons (Fsp3) is 0.143. The lowest BCUT2D eigenvalue weighted by Crippen LogP contribution is -2.07. The minimum Gasteiger partial charge on any atom is -0.733 e. The van der Waals surface area contributed by atoms with Crippen molar-refractivity contribution in [3.63, 3.8) is 0 Å². The average molecular weight is 276 g/mol. The molecule has 2 aromatic carbocycles. The monoisotopic (exact) mass is 276 g/mol. The lowest BCUT2D eigenvalue weighted by atomic mass is 10.2. The summed E-state index contributed by atoms with van der Waals surface area (Å²) in [6.07, 6.45) is 0. The first-order valence-electron chi connectivity index (χ1n) is 5.79. The maximum Gasteiger partial charge on any atom is 0.0508 e. The minimum absolute atomic E-state index is 0.164. The predicted molar refractivity (Wildman–Crippen MR) is 76.1 cm³/mol. The van der Waals surface area contributed by atoms with E-state index in [2.05, 4.69) is 0 Å². The van der Waals surface area contributed by atoms with Gasteiger partial charge in [0.25, 0.3) is 0 Å². The van der Waals surface area contributed by atoms with E-state index in [-0.39, 0.29) is 10.9 Å². The van der Waals surface area contributed by atoms with Crippen molar-refractivity contribution in [2.75, 3.05) is 5.23 Å². The predicted octanol–water partition coefficient (Wildman–Crippen LogP) is 2.83. The van der Waals surface area contributed by atoms with Crippen LogP contribution in [0.4, 0.5) is 5.69 Å². The van der Waals surface area contributed by atoms with Crippen molar-refractivity contribution in [2.45, 2.75) is 11.5 Å². The van der Waals surface area contributed by atoms with Crippen molar-refractivity contribution in [1.82, 2.24) is 0 Å². The minimum atomic E-state index is -0.994. The van der Waals surface area contributed by atoms with Crippen LogP contribution in [0.3, 0.4) is 0 Å². The van der Waals surface area contributed by atoms with Gasteiger partial charge in [-0.1, -0.05) is 42.5 Å². The zero-order valence-electron chi connectivity index (χ0n) is 10.2. The Morgan fingerprint density at radius 1 is 0.947 bits per heavy atom. The highest BCUT2D eigenvalue weighted by Crippen LogP contribution is 2.15. The van der Waals surface area contributed by atoms with E-state index < -0.39 is 10.8 Å². The van der Waals surface area contributed by atoms with E-state index in [1.165, 1.54) is 12.1 Å². The van der Waals surface area contributed by atoms with Crippen molar-refractivity contribution < 1.29 is 9.42 Å². The molecular formula is C14H14NO3S-. The second kappa shape index (κ2) is 6.47. The molecule has 19 heavy (non-hydrogen) atoms. The van der Waals surface area contributed by atoms with E-state index in [9.17, 15) is 9.42 Å². The van der Waals surface area contributed by atoms with Crippen molar-refractivity contribution in [1.29, 1.82) is 0 Å². The standard InChI is InChI=1S/C14H14NO3S/c16-15(17)14-8-6-13(7-9-14)11-19(18)10-12-4-2-1-3-5-12/h1-9,16H,10-11H2/q-1. The lowest BCUT2D eigenvalue weighted by Gasteiger charge is -2.21. The van der Waals surface area contributed by atoms with Crippen LogP contribution < -0.4 is 5.23 Å². The van der Waals surface area contributed by atoms with E-state index in [0.717, 1.165) is 11.1 Å². The van der Waals surface area contributed by atoms with Gasteiger partial charge < -0.3 is 10.4 Å². The normalized spacial score (nSPS) is 12.1. The van der Waals surface area contributed by atoms with Crippen LogP contribution in [0, 0.1) is 5.21 Å². The third kappa shape index (κ3) is 4.17. The van der Waals surface area contributed by atoms with E-state index in [0.29, 0.717) is 11.5 Å². The van der Waals surface area contributed by atoms with Crippen LogP contribution in [0.5, 0.6) is 0 Å². The number of nitrogens with zero attached hydrogens (tertiary/aromatic N) is 1. The van der Waals surface area contributed by atoms with Crippen molar-refractivity contribution in [3.05, 3.63) is 70.9 Å². The summed E-state index contributed by atoms with van der Waals surface area (Å²) in [5, 5.41) is 19.2. The molecule has 100 valence electrons. The summed E-state index contributed by atoms with van der Waals surface area (Å²) in [5.41, 5.74) is 2.08. The fourth-order valence-electron chi connectivity index (χ4n) is 1.72. The molecular weight excluding hydrogens is 262 g/mol. The van der Waals surface area contributed by atoms with E-state index >= 15 is 0 Å². The first kappa shape index (κ1) is 13.7. The van der Waals surface area contributed by atoms with Crippen LogP contribution in [-0.2, 0) is 22.3 Å². The molecule has 2 aromatic rings. The molecule has 0 radical (unpaired) electrons. The van der Waals surface area contributed by atoms with Gasteiger partial charge >= 0.3 is 0 Å². The van der Waals surface area contributed by atoms with Crippen LogP contribution in [-0.4, -0.2) is 9.42 Å². The fourth-order valence-corrected chi connectivity index (χ4v) is 2.95. The smallest absolute Gasteiger partial charge is 0.0508 e. The quantitative estimate of drug-likeness (QED) is 0.853. The lowest BCUT2D eigenvalue weighted by molar-refractivity contribution is 0.296. The van der Waals surface area contributed by atoms with Gasteiger partial charge in [-0.05, 0) is 23.3 Å². The highest BCUT2D eigenvalue weighted by Gasteiger charge is 2.03. The zero-order chi connectivity index (χ0) is 13.7. The van der Waals surface area contributed by atoms with Crippen LogP contribution in [0.2, 0.25) is 0 Å². The van der Waals surface area contributed by atoms with Crippen molar-refractivity contribution in [3.8, 4) is 0 Å². The van der Waals surface area contributed by atoms with E-state index in [1.54, 1.807) is 12.1 Å². The van der Waals surface area contributed by atoms with Gasteiger partial charge in [0, 0.05) is 22.3 Å². The molecule has 0 aliphatic heterocycles. The summed E-state index contributed by atoms with van der Waals surface area (Å²) in [5.74, 6) is 0.940. The Hall–Kier alpha value is -1.69.